The van der Waals surface area contributed by atoms with Gasteiger partial charge in [0.15, 0.2) is 0 Å². The predicted octanol–water partition coefficient (Wildman–Crippen LogP) is 2.74. The molecule has 0 radical (unpaired) electrons. The van der Waals surface area contributed by atoms with Crippen molar-refractivity contribution >= 4 is 22.7 Å². The van der Waals surface area contributed by atoms with Gasteiger partial charge in [0.25, 0.3) is 5.91 Å². The molecule has 1 saturated heterocycles. The summed E-state index contributed by atoms with van der Waals surface area (Å²) in [4.78, 5) is 42.8. The molecule has 0 aliphatic carbocycles. The zero-order valence-corrected chi connectivity index (χ0v) is 17.8. The zero-order valence-electron chi connectivity index (χ0n) is 17.8. The number of carbonyl (C=O) groups excluding carboxylic acids is 2. The van der Waals surface area contributed by atoms with E-state index in [-0.39, 0.29) is 22.8 Å². The molecule has 2 amide bonds. The Bertz CT molecular complexity index is 1280. The number of hydrogen-bond donors (Lipinski definition) is 0. The van der Waals surface area contributed by atoms with Crippen LogP contribution >= 0.6 is 0 Å². The van der Waals surface area contributed by atoms with Crippen LogP contribution in [-0.4, -0.2) is 45.3 Å². The molecule has 158 valence electrons. The molecular formula is C25H25N3O3. The number of amides is 2. The van der Waals surface area contributed by atoms with Gasteiger partial charge >= 0.3 is 0 Å². The fourth-order valence-electron chi connectivity index (χ4n) is 4.86. The Morgan fingerprint density at radius 3 is 2.68 bits per heavy atom. The number of carbonyl (C=O) groups is 2. The quantitative estimate of drug-likeness (QED) is 0.661. The highest BCUT2D eigenvalue weighted by atomic mass is 16.2. The van der Waals surface area contributed by atoms with Crippen LogP contribution in [0.5, 0.6) is 0 Å². The van der Waals surface area contributed by atoms with E-state index < -0.39 is 6.04 Å². The lowest BCUT2D eigenvalue weighted by atomic mass is 10.1. The van der Waals surface area contributed by atoms with Crippen molar-refractivity contribution in [2.24, 2.45) is 0 Å². The summed E-state index contributed by atoms with van der Waals surface area (Å²) in [7, 11) is 0. The molecule has 3 aromatic rings. The lowest BCUT2D eigenvalue weighted by Crippen LogP contribution is -2.57. The van der Waals surface area contributed by atoms with Gasteiger partial charge in [-0.2, -0.15) is 0 Å². The number of para-hydroxylation sites is 1. The number of hydrogen-bond acceptors (Lipinski definition) is 3. The summed E-state index contributed by atoms with van der Waals surface area (Å²) in [5.74, 6) is -0.446. The van der Waals surface area contributed by atoms with E-state index in [1.807, 2.05) is 41.8 Å². The van der Waals surface area contributed by atoms with Gasteiger partial charge < -0.3 is 14.4 Å². The lowest BCUT2D eigenvalue weighted by Gasteiger charge is -2.39. The SMILES string of the molecule is Cc1cccc(CN2CCN(C(=O)c3cn4c5c(cccc5c3=O)CC4)[C@@H](C)C2=O)c1. The number of piperazine rings is 1. The Labute approximate surface area is 180 Å². The van der Waals surface area contributed by atoms with E-state index in [1.165, 1.54) is 0 Å². The number of benzene rings is 2. The summed E-state index contributed by atoms with van der Waals surface area (Å²) >= 11 is 0. The normalized spacial score (nSPS) is 18.1. The van der Waals surface area contributed by atoms with E-state index in [4.69, 9.17) is 0 Å². The summed E-state index contributed by atoms with van der Waals surface area (Å²) in [6.07, 6.45) is 2.54. The van der Waals surface area contributed by atoms with E-state index >= 15 is 0 Å². The molecule has 0 bridgehead atoms. The molecule has 5 rings (SSSR count). The highest BCUT2D eigenvalue weighted by Crippen LogP contribution is 2.25. The van der Waals surface area contributed by atoms with Crippen molar-refractivity contribution in [1.29, 1.82) is 0 Å². The van der Waals surface area contributed by atoms with E-state index in [0.717, 1.165) is 35.2 Å². The number of aromatic nitrogens is 1. The van der Waals surface area contributed by atoms with Gasteiger partial charge in [-0.25, -0.2) is 0 Å². The van der Waals surface area contributed by atoms with Crippen LogP contribution in [0.1, 0.15) is 34.0 Å². The Hall–Kier alpha value is -3.41. The van der Waals surface area contributed by atoms with Gasteiger partial charge in [-0.1, -0.05) is 42.0 Å². The van der Waals surface area contributed by atoms with Gasteiger partial charge in [0.05, 0.1) is 5.52 Å². The largest absolute Gasteiger partial charge is 0.346 e. The maximum Gasteiger partial charge on any atom is 0.260 e. The van der Waals surface area contributed by atoms with Crippen LogP contribution in [0.4, 0.5) is 0 Å². The summed E-state index contributed by atoms with van der Waals surface area (Å²) in [6.45, 7) is 5.93. The molecule has 0 unspecified atom stereocenters. The standard InChI is InChI=1S/C25H25N3O3/c1-16-5-3-6-18(13-16)14-27-11-12-28(17(2)24(27)30)25(31)21-15-26-10-9-19-7-4-8-20(22(19)26)23(21)29/h3-8,13,15,17H,9-12,14H2,1-2H3/t17-/m0/s1. The fraction of sp³-hybridized carbons (Fsp3) is 0.320. The summed E-state index contributed by atoms with van der Waals surface area (Å²) < 4.78 is 2.00. The number of nitrogens with zero attached hydrogens (tertiary/aromatic N) is 3. The summed E-state index contributed by atoms with van der Waals surface area (Å²) in [5, 5.41) is 0.581. The van der Waals surface area contributed by atoms with Crippen molar-refractivity contribution in [3.05, 3.63) is 81.1 Å². The highest BCUT2D eigenvalue weighted by Gasteiger charge is 2.36. The van der Waals surface area contributed by atoms with Crippen LogP contribution in [0.3, 0.4) is 0 Å². The van der Waals surface area contributed by atoms with Crippen LogP contribution < -0.4 is 5.43 Å². The third-order valence-electron chi connectivity index (χ3n) is 6.50. The molecule has 6 heteroatoms. The van der Waals surface area contributed by atoms with Gasteiger partial charge in [0, 0.05) is 37.8 Å². The molecular weight excluding hydrogens is 390 g/mol. The molecule has 2 aliphatic rings. The molecule has 0 N–H and O–H groups in total. The Morgan fingerprint density at radius 1 is 1.06 bits per heavy atom. The van der Waals surface area contributed by atoms with Gasteiger partial charge in [-0.05, 0) is 37.5 Å². The number of pyridine rings is 1. The number of aryl methyl sites for hydroxylation is 3. The maximum atomic E-state index is 13.4. The third-order valence-corrected chi connectivity index (χ3v) is 6.50. The van der Waals surface area contributed by atoms with Crippen LogP contribution in [0, 0.1) is 6.92 Å². The van der Waals surface area contributed by atoms with Gasteiger partial charge in [0.1, 0.15) is 11.6 Å². The van der Waals surface area contributed by atoms with Gasteiger partial charge in [-0.3, -0.25) is 14.4 Å². The number of rotatable bonds is 3. The van der Waals surface area contributed by atoms with Crippen molar-refractivity contribution < 1.29 is 9.59 Å². The molecule has 2 aliphatic heterocycles. The first-order valence-electron chi connectivity index (χ1n) is 10.7. The topological polar surface area (TPSA) is 62.6 Å². The van der Waals surface area contributed by atoms with Crippen LogP contribution in [0.15, 0.2) is 53.5 Å². The molecule has 2 aromatic carbocycles. The van der Waals surface area contributed by atoms with Crippen LogP contribution in [0.25, 0.3) is 10.9 Å². The molecule has 3 heterocycles. The first-order valence-corrected chi connectivity index (χ1v) is 10.7. The van der Waals surface area contributed by atoms with Crippen molar-refractivity contribution in [2.45, 2.75) is 39.4 Å². The van der Waals surface area contributed by atoms with E-state index in [0.29, 0.717) is 25.0 Å². The third kappa shape index (κ3) is 3.23. The van der Waals surface area contributed by atoms with Crippen molar-refractivity contribution in [1.82, 2.24) is 14.4 Å². The maximum absolute atomic E-state index is 13.4. The van der Waals surface area contributed by atoms with Crippen LogP contribution in [-0.2, 0) is 24.3 Å². The molecule has 1 fully saturated rings. The van der Waals surface area contributed by atoms with Crippen molar-refractivity contribution in [2.75, 3.05) is 13.1 Å². The molecule has 31 heavy (non-hydrogen) atoms. The minimum Gasteiger partial charge on any atom is -0.346 e. The van der Waals surface area contributed by atoms with E-state index in [2.05, 4.69) is 6.07 Å². The predicted molar refractivity (Wildman–Crippen MR) is 119 cm³/mol. The lowest BCUT2D eigenvalue weighted by molar-refractivity contribution is -0.140. The molecule has 0 saturated carbocycles. The molecule has 0 spiro atoms. The first kappa shape index (κ1) is 19.5. The Balaban J connectivity index is 1.41. The van der Waals surface area contributed by atoms with Crippen molar-refractivity contribution in [3.63, 3.8) is 0 Å². The summed E-state index contributed by atoms with van der Waals surface area (Å²) in [6, 6.07) is 13.2. The van der Waals surface area contributed by atoms with Crippen molar-refractivity contribution in [3.8, 4) is 0 Å². The molecule has 6 nitrogen and oxygen atoms in total. The highest BCUT2D eigenvalue weighted by molar-refractivity contribution is 6.00. The molecule has 1 atom stereocenters. The average Bonchev–Trinajstić information content (AvgIpc) is 3.18. The Morgan fingerprint density at radius 2 is 1.87 bits per heavy atom. The van der Waals surface area contributed by atoms with E-state index in [9.17, 15) is 14.4 Å². The summed E-state index contributed by atoms with van der Waals surface area (Å²) in [5.41, 5.74) is 4.20. The minimum atomic E-state index is -0.605. The zero-order chi connectivity index (χ0) is 21.7. The first-order chi connectivity index (χ1) is 14.9. The van der Waals surface area contributed by atoms with E-state index in [1.54, 1.807) is 29.0 Å². The fourth-order valence-corrected chi connectivity index (χ4v) is 4.86. The second-order valence-corrected chi connectivity index (χ2v) is 8.55. The van der Waals surface area contributed by atoms with Gasteiger partial charge in [0.2, 0.25) is 11.3 Å². The van der Waals surface area contributed by atoms with Gasteiger partial charge in [-0.15, -0.1) is 0 Å². The minimum absolute atomic E-state index is 0.0891. The van der Waals surface area contributed by atoms with Crippen LogP contribution in [0.2, 0.25) is 0 Å². The second kappa shape index (κ2) is 7.38. The monoisotopic (exact) mass is 415 g/mol. The molecule has 1 aromatic heterocycles. The second-order valence-electron chi connectivity index (χ2n) is 8.55. The smallest absolute Gasteiger partial charge is 0.260 e. The average molecular weight is 415 g/mol. The Kier molecular flexibility index (Phi) is 4.65.